The first-order chi connectivity index (χ1) is 8.59. The first kappa shape index (κ1) is 13.1. The maximum absolute atomic E-state index is 11.8. The summed E-state index contributed by atoms with van der Waals surface area (Å²) in [6, 6.07) is 9.05. The molecule has 1 aliphatic rings. The van der Waals surface area contributed by atoms with E-state index < -0.39 is 0 Å². The third-order valence-corrected chi connectivity index (χ3v) is 3.93. The molecule has 1 saturated heterocycles. The van der Waals surface area contributed by atoms with Gasteiger partial charge in [-0.1, -0.05) is 32.0 Å². The normalized spacial score (nSPS) is 31.3. The summed E-state index contributed by atoms with van der Waals surface area (Å²) in [7, 11) is 0. The highest BCUT2D eigenvalue weighted by atomic mass is 16.6. The molecule has 1 aromatic carbocycles. The van der Waals surface area contributed by atoms with E-state index in [0.29, 0.717) is 24.0 Å². The molecule has 1 aromatic rings. The molecular weight excluding hydrogens is 228 g/mol. The van der Waals surface area contributed by atoms with Gasteiger partial charge in [0.15, 0.2) is 0 Å². The van der Waals surface area contributed by atoms with Crippen LogP contribution in [0.2, 0.25) is 0 Å². The van der Waals surface area contributed by atoms with Crippen LogP contribution in [-0.2, 0) is 9.47 Å². The zero-order chi connectivity index (χ0) is 13.1. The molecule has 3 heteroatoms. The van der Waals surface area contributed by atoms with Crippen molar-refractivity contribution in [1.29, 1.82) is 0 Å². The largest absolute Gasteiger partial charge is 0.459 e. The van der Waals surface area contributed by atoms with E-state index in [1.54, 1.807) is 12.1 Å². The molecule has 4 atom stereocenters. The molecule has 0 saturated carbocycles. The summed E-state index contributed by atoms with van der Waals surface area (Å²) < 4.78 is 11.1. The number of benzene rings is 1. The summed E-state index contributed by atoms with van der Waals surface area (Å²) in [5, 5.41) is 0. The Labute approximate surface area is 108 Å². The number of rotatable bonds is 3. The third kappa shape index (κ3) is 2.72. The molecule has 0 radical (unpaired) electrons. The number of hydrogen-bond acceptors (Lipinski definition) is 3. The first-order valence-electron chi connectivity index (χ1n) is 6.47. The van der Waals surface area contributed by atoms with Gasteiger partial charge in [0, 0.05) is 0 Å². The summed E-state index contributed by atoms with van der Waals surface area (Å²) in [4.78, 5) is 11.8. The van der Waals surface area contributed by atoms with Crippen LogP contribution in [0.5, 0.6) is 0 Å². The minimum absolute atomic E-state index is 0.0164. The summed E-state index contributed by atoms with van der Waals surface area (Å²) in [5.74, 6) is 0.646. The van der Waals surface area contributed by atoms with E-state index in [1.807, 2.05) is 18.2 Å². The lowest BCUT2D eigenvalue weighted by Gasteiger charge is -2.16. The van der Waals surface area contributed by atoms with Crippen LogP contribution in [0.4, 0.5) is 0 Å². The third-order valence-electron chi connectivity index (χ3n) is 3.93. The highest BCUT2D eigenvalue weighted by molar-refractivity contribution is 5.89. The molecule has 0 bridgehead atoms. The molecule has 1 fully saturated rings. The molecule has 0 amide bonds. The van der Waals surface area contributed by atoms with Crippen LogP contribution in [0.1, 0.15) is 31.1 Å². The minimum Gasteiger partial charge on any atom is -0.459 e. The molecule has 2 rings (SSSR count). The van der Waals surface area contributed by atoms with Gasteiger partial charge in [0.1, 0.15) is 6.61 Å². The molecule has 18 heavy (non-hydrogen) atoms. The number of hydrogen-bond donors (Lipinski definition) is 0. The minimum atomic E-state index is -0.279. The number of carbonyl (C=O) groups is 1. The quantitative estimate of drug-likeness (QED) is 0.772. The average Bonchev–Trinajstić information content (AvgIpc) is 2.64. The molecule has 0 spiro atoms. The molecule has 1 heterocycles. The Morgan fingerprint density at radius 3 is 2.39 bits per heavy atom. The van der Waals surface area contributed by atoms with Crippen LogP contribution in [0.3, 0.4) is 0 Å². The molecule has 0 unspecified atom stereocenters. The van der Waals surface area contributed by atoms with Crippen molar-refractivity contribution >= 4 is 5.97 Å². The van der Waals surface area contributed by atoms with Gasteiger partial charge in [-0.25, -0.2) is 4.79 Å². The second-order valence-electron chi connectivity index (χ2n) is 5.06. The fourth-order valence-corrected chi connectivity index (χ4v) is 2.30. The molecule has 0 aliphatic carbocycles. The number of ether oxygens (including phenoxy) is 2. The van der Waals surface area contributed by atoms with Crippen molar-refractivity contribution < 1.29 is 14.3 Å². The second-order valence-corrected chi connectivity index (χ2v) is 5.06. The number of esters is 1. The average molecular weight is 248 g/mol. The Morgan fingerprint density at radius 2 is 1.83 bits per heavy atom. The van der Waals surface area contributed by atoms with E-state index >= 15 is 0 Å². The van der Waals surface area contributed by atoms with Crippen LogP contribution in [0.15, 0.2) is 30.3 Å². The maximum atomic E-state index is 11.8. The first-order valence-corrected chi connectivity index (χ1v) is 6.47. The van der Waals surface area contributed by atoms with Crippen LogP contribution in [0.25, 0.3) is 0 Å². The van der Waals surface area contributed by atoms with Gasteiger partial charge in [0.05, 0.1) is 17.8 Å². The molecule has 0 N–H and O–H groups in total. The molecule has 3 nitrogen and oxygen atoms in total. The van der Waals surface area contributed by atoms with E-state index in [4.69, 9.17) is 9.47 Å². The standard InChI is InChI=1S/C15H20O3/c1-10-11(2)14(18-12(10)3)9-17-15(16)13-7-5-4-6-8-13/h4-8,10-12,14H,9H2,1-3H3/t10-,11+,12-,14-/m1/s1. The summed E-state index contributed by atoms with van der Waals surface area (Å²) in [6.07, 6.45) is 0.253. The smallest absolute Gasteiger partial charge is 0.338 e. The Bertz CT molecular complexity index is 401. The summed E-state index contributed by atoms with van der Waals surface area (Å²) in [5.41, 5.74) is 0.587. The zero-order valence-corrected chi connectivity index (χ0v) is 11.1. The van der Waals surface area contributed by atoms with Gasteiger partial charge < -0.3 is 9.47 Å². The predicted molar refractivity (Wildman–Crippen MR) is 69.4 cm³/mol. The van der Waals surface area contributed by atoms with E-state index in [9.17, 15) is 4.79 Å². The summed E-state index contributed by atoms with van der Waals surface area (Å²) >= 11 is 0. The summed E-state index contributed by atoms with van der Waals surface area (Å²) in [6.45, 7) is 6.73. The van der Waals surface area contributed by atoms with Crippen LogP contribution in [-0.4, -0.2) is 24.8 Å². The Morgan fingerprint density at radius 1 is 1.17 bits per heavy atom. The lowest BCUT2D eigenvalue weighted by atomic mass is 9.91. The fraction of sp³-hybridized carbons (Fsp3) is 0.533. The molecule has 1 aliphatic heterocycles. The molecular formula is C15H20O3. The molecule has 0 aromatic heterocycles. The van der Waals surface area contributed by atoms with Crippen molar-refractivity contribution in [2.24, 2.45) is 11.8 Å². The van der Waals surface area contributed by atoms with E-state index in [2.05, 4.69) is 20.8 Å². The van der Waals surface area contributed by atoms with Crippen molar-refractivity contribution in [3.63, 3.8) is 0 Å². The van der Waals surface area contributed by atoms with Gasteiger partial charge in [0.2, 0.25) is 0 Å². The van der Waals surface area contributed by atoms with Crippen molar-refractivity contribution in [3.05, 3.63) is 35.9 Å². The highest BCUT2D eigenvalue weighted by Gasteiger charge is 2.37. The van der Waals surface area contributed by atoms with Crippen LogP contribution >= 0.6 is 0 Å². The SMILES string of the molecule is C[C@@H]1[C@H](C)[C@@H](COC(=O)c2ccccc2)O[C@@H]1C. The topological polar surface area (TPSA) is 35.5 Å². The van der Waals surface area contributed by atoms with Gasteiger partial charge >= 0.3 is 5.97 Å². The lowest BCUT2D eigenvalue weighted by molar-refractivity contribution is -0.0119. The Kier molecular flexibility index (Phi) is 4.02. The predicted octanol–water partition coefficient (Wildman–Crippen LogP) is 2.90. The van der Waals surface area contributed by atoms with E-state index in [-0.39, 0.29) is 18.2 Å². The van der Waals surface area contributed by atoms with E-state index in [0.717, 1.165) is 0 Å². The number of carbonyl (C=O) groups excluding carboxylic acids is 1. The van der Waals surface area contributed by atoms with Gasteiger partial charge in [-0.2, -0.15) is 0 Å². The van der Waals surface area contributed by atoms with Crippen LogP contribution < -0.4 is 0 Å². The van der Waals surface area contributed by atoms with Crippen molar-refractivity contribution in [2.75, 3.05) is 6.61 Å². The zero-order valence-electron chi connectivity index (χ0n) is 11.1. The highest BCUT2D eigenvalue weighted by Crippen LogP contribution is 2.31. The van der Waals surface area contributed by atoms with Gasteiger partial charge in [-0.3, -0.25) is 0 Å². The van der Waals surface area contributed by atoms with Crippen molar-refractivity contribution in [2.45, 2.75) is 33.0 Å². The Balaban J connectivity index is 1.88. The molecule has 98 valence electrons. The second kappa shape index (κ2) is 5.53. The van der Waals surface area contributed by atoms with Gasteiger partial charge in [-0.15, -0.1) is 0 Å². The van der Waals surface area contributed by atoms with Crippen LogP contribution in [0, 0.1) is 11.8 Å². The van der Waals surface area contributed by atoms with Gasteiger partial charge in [0.25, 0.3) is 0 Å². The monoisotopic (exact) mass is 248 g/mol. The van der Waals surface area contributed by atoms with E-state index in [1.165, 1.54) is 0 Å². The van der Waals surface area contributed by atoms with Crippen molar-refractivity contribution in [3.8, 4) is 0 Å². The fourth-order valence-electron chi connectivity index (χ4n) is 2.30. The lowest BCUT2D eigenvalue weighted by Crippen LogP contribution is -2.24. The van der Waals surface area contributed by atoms with Gasteiger partial charge in [-0.05, 0) is 30.9 Å². The van der Waals surface area contributed by atoms with Crippen molar-refractivity contribution in [1.82, 2.24) is 0 Å². The maximum Gasteiger partial charge on any atom is 0.338 e. The Hall–Kier alpha value is -1.35.